The summed E-state index contributed by atoms with van der Waals surface area (Å²) in [6.45, 7) is 30.1. The number of aromatic nitrogens is 1. The molecule has 5 rings (SSSR count). The van der Waals surface area contributed by atoms with Crippen LogP contribution in [-0.2, 0) is 0 Å². The third kappa shape index (κ3) is 33.0. The van der Waals surface area contributed by atoms with E-state index in [1.807, 2.05) is 145 Å². The molecule has 0 saturated heterocycles. The topological polar surface area (TPSA) is 42.1 Å². The van der Waals surface area contributed by atoms with E-state index in [2.05, 4.69) is 48.5 Å². The maximum Gasteiger partial charge on any atom is 0.103 e. The molecular weight excluding hydrogens is 534 g/mol. The van der Waals surface area contributed by atoms with Gasteiger partial charge in [-0.2, -0.15) is 0 Å². The Bertz CT molecular complexity index is 964. The van der Waals surface area contributed by atoms with Crippen LogP contribution in [0.15, 0.2) is 99.5 Å². The maximum atomic E-state index is 5.21. The minimum atomic E-state index is 0. The summed E-state index contributed by atoms with van der Waals surface area (Å²) in [4.78, 5) is 4.38. The first-order chi connectivity index (χ1) is 19.8. The van der Waals surface area contributed by atoms with Gasteiger partial charge in [-0.05, 0) is 95.8 Å². The first-order valence-corrected chi connectivity index (χ1v) is 15.8. The van der Waals surface area contributed by atoms with E-state index in [1.165, 1.54) is 21.7 Å². The Labute approximate surface area is 265 Å². The molecule has 240 valence electrons. The van der Waals surface area contributed by atoms with Gasteiger partial charge < -0.3 is 13.8 Å². The fourth-order valence-corrected chi connectivity index (χ4v) is 2.96. The van der Waals surface area contributed by atoms with Crippen molar-refractivity contribution in [1.29, 1.82) is 0 Å². The number of aryl methyl sites for hydroxylation is 7. The van der Waals surface area contributed by atoms with E-state index in [4.69, 9.17) is 8.83 Å². The summed E-state index contributed by atoms with van der Waals surface area (Å²) in [6.07, 6.45) is 3.57. The van der Waals surface area contributed by atoms with Gasteiger partial charge in [-0.15, -0.1) is 11.3 Å². The van der Waals surface area contributed by atoms with Gasteiger partial charge in [0.2, 0.25) is 0 Å². The van der Waals surface area contributed by atoms with Crippen molar-refractivity contribution >= 4 is 11.3 Å². The van der Waals surface area contributed by atoms with E-state index in [1.54, 1.807) is 17.6 Å². The zero-order chi connectivity index (χ0) is 32.5. The normalized spacial score (nSPS) is 7.69. The molecule has 0 aliphatic heterocycles. The highest BCUT2D eigenvalue weighted by Gasteiger charge is 1.95. The van der Waals surface area contributed by atoms with Crippen molar-refractivity contribution in [2.45, 2.75) is 111 Å². The molecule has 0 amide bonds. The van der Waals surface area contributed by atoms with Crippen LogP contribution in [0.3, 0.4) is 0 Å². The lowest BCUT2D eigenvalue weighted by molar-refractivity contribution is 0.502. The Morgan fingerprint density at radius 1 is 0.595 bits per heavy atom. The van der Waals surface area contributed by atoms with E-state index in [9.17, 15) is 0 Å². The fourth-order valence-electron chi connectivity index (χ4n) is 2.43. The average molecular weight is 600 g/mol. The number of furan rings is 2. The number of hydrogen-bond donors (Lipinski definition) is 1. The number of aromatic amines is 1. The smallest absolute Gasteiger partial charge is 0.103 e. The molecule has 0 bridgehead atoms. The van der Waals surface area contributed by atoms with Crippen LogP contribution in [0, 0.1) is 48.5 Å². The first kappa shape index (κ1) is 48.5. The molecule has 4 heteroatoms. The highest BCUT2D eigenvalue weighted by molar-refractivity contribution is 7.09. The molecule has 0 atom stereocenters. The summed E-state index contributed by atoms with van der Waals surface area (Å²) >= 11 is 1.78. The summed E-state index contributed by atoms with van der Waals surface area (Å²) in [5.41, 5.74) is 3.78. The van der Waals surface area contributed by atoms with Gasteiger partial charge in [0.25, 0.3) is 0 Å². The van der Waals surface area contributed by atoms with E-state index in [0.29, 0.717) is 0 Å². The molecule has 0 fully saturated rings. The molecule has 0 aliphatic carbocycles. The van der Waals surface area contributed by atoms with Gasteiger partial charge in [0.05, 0.1) is 6.26 Å². The number of nitrogens with one attached hydrogen (secondary N) is 1. The lowest BCUT2D eigenvalue weighted by Crippen LogP contribution is -1.63. The van der Waals surface area contributed by atoms with Gasteiger partial charge in [-0.25, -0.2) is 0 Å². The van der Waals surface area contributed by atoms with Crippen molar-refractivity contribution in [1.82, 2.24) is 4.98 Å². The quantitative estimate of drug-likeness (QED) is 0.192. The van der Waals surface area contributed by atoms with Crippen molar-refractivity contribution in [2.24, 2.45) is 0 Å². The van der Waals surface area contributed by atoms with Crippen LogP contribution in [0.25, 0.3) is 0 Å². The molecule has 4 aromatic heterocycles. The van der Waals surface area contributed by atoms with E-state index in [0.717, 1.165) is 17.3 Å². The van der Waals surface area contributed by atoms with Crippen molar-refractivity contribution < 1.29 is 8.83 Å². The minimum absolute atomic E-state index is 0. The third-order valence-electron chi connectivity index (χ3n) is 4.31. The van der Waals surface area contributed by atoms with Crippen LogP contribution in [-0.4, -0.2) is 4.98 Å². The fraction of sp³-hybridized carbons (Fsp3) is 0.421. The second-order valence-corrected chi connectivity index (χ2v) is 8.70. The molecule has 0 radical (unpaired) electrons. The second-order valence-electron chi connectivity index (χ2n) is 7.55. The molecule has 4 heterocycles. The van der Waals surface area contributed by atoms with Gasteiger partial charge in [-0.1, -0.05) is 105 Å². The first-order valence-electron chi connectivity index (χ1n) is 14.9. The lowest BCUT2D eigenvalue weighted by atomic mass is 10.2. The summed E-state index contributed by atoms with van der Waals surface area (Å²) in [6, 6.07) is 24.3. The van der Waals surface area contributed by atoms with E-state index < -0.39 is 0 Å². The molecule has 5 aromatic rings. The van der Waals surface area contributed by atoms with Gasteiger partial charge in [-0.3, -0.25) is 0 Å². The van der Waals surface area contributed by atoms with Gasteiger partial charge >= 0.3 is 0 Å². The van der Waals surface area contributed by atoms with Crippen molar-refractivity contribution in [3.8, 4) is 0 Å². The molecule has 0 spiro atoms. The molecule has 0 unspecified atom stereocenters. The van der Waals surface area contributed by atoms with Crippen LogP contribution in [0.4, 0.5) is 0 Å². The number of H-pyrrole nitrogens is 1. The van der Waals surface area contributed by atoms with Gasteiger partial charge in [0, 0.05) is 16.8 Å². The Kier molecular flexibility index (Phi) is 43.6. The van der Waals surface area contributed by atoms with Crippen LogP contribution in [0.1, 0.15) is 102 Å². The number of benzene rings is 1. The lowest BCUT2D eigenvalue weighted by Gasteiger charge is -1.82. The molecular formula is C38H65NO2S. The maximum absolute atomic E-state index is 5.21. The molecule has 3 nitrogen and oxygen atoms in total. The standard InChI is InChI=1S/C7H10O.C7H8.C5H7N.C5H6O.C5H6S.4C2H6.CH4/c1-5-4-6(2)8-7(5)3;1-7-5-3-2-4-6-7;3*1-5-3-2-4-6-5;4*1-2;/h4H,1-3H3;2-6H,1H3;2-4,6H,1H3;2*2-4H,1H3;4*1-2H3;1H4. The van der Waals surface area contributed by atoms with Crippen LogP contribution in [0.2, 0.25) is 0 Å². The number of hydrogen-bond acceptors (Lipinski definition) is 3. The monoisotopic (exact) mass is 599 g/mol. The Morgan fingerprint density at radius 3 is 1.31 bits per heavy atom. The predicted octanol–water partition coefficient (Wildman–Crippen LogP) is 13.9. The number of rotatable bonds is 0. The molecule has 1 N–H and O–H groups in total. The number of thiophene rings is 1. The van der Waals surface area contributed by atoms with Crippen molar-refractivity contribution in [2.75, 3.05) is 0 Å². The molecule has 42 heavy (non-hydrogen) atoms. The summed E-state index contributed by atoms with van der Waals surface area (Å²) in [5.74, 6) is 3.00. The highest BCUT2D eigenvalue weighted by atomic mass is 32.1. The van der Waals surface area contributed by atoms with Crippen LogP contribution < -0.4 is 0 Å². The van der Waals surface area contributed by atoms with Crippen molar-refractivity contribution in [3.05, 3.63) is 130 Å². The Hall–Kier alpha value is -3.24. The predicted molar refractivity (Wildman–Crippen MR) is 194 cm³/mol. The van der Waals surface area contributed by atoms with Crippen LogP contribution in [0.5, 0.6) is 0 Å². The van der Waals surface area contributed by atoms with Crippen molar-refractivity contribution in [3.63, 3.8) is 0 Å². The Balaban J connectivity index is -0.000000128. The Morgan fingerprint density at radius 2 is 1.17 bits per heavy atom. The largest absolute Gasteiger partial charge is 0.470 e. The van der Waals surface area contributed by atoms with Gasteiger partial charge in [0.15, 0.2) is 0 Å². The molecule has 0 aliphatic rings. The van der Waals surface area contributed by atoms with E-state index >= 15 is 0 Å². The zero-order valence-corrected chi connectivity index (χ0v) is 29.7. The average Bonchev–Trinajstić information content (AvgIpc) is 3.83. The third-order valence-corrected chi connectivity index (χ3v) is 5.11. The van der Waals surface area contributed by atoms with Crippen LogP contribution >= 0.6 is 11.3 Å². The van der Waals surface area contributed by atoms with Gasteiger partial charge in [0.1, 0.15) is 17.3 Å². The minimum Gasteiger partial charge on any atom is -0.470 e. The summed E-state index contributed by atoms with van der Waals surface area (Å²) in [5, 5.41) is 2.08. The van der Waals surface area contributed by atoms with E-state index in [-0.39, 0.29) is 7.43 Å². The molecule has 0 saturated carbocycles. The second kappa shape index (κ2) is 37.8. The molecule has 1 aromatic carbocycles. The summed E-state index contributed by atoms with van der Waals surface area (Å²) < 4.78 is 10.0. The SMILES string of the molecule is C.CC.CC.CC.CC.Cc1cc(C)c(C)o1.Cc1ccc[nH]1.Cc1ccccc1.Cc1ccco1.Cc1cccs1. The zero-order valence-electron chi connectivity index (χ0n) is 28.9. The summed E-state index contributed by atoms with van der Waals surface area (Å²) in [7, 11) is 0. The highest BCUT2D eigenvalue weighted by Crippen LogP contribution is 2.10.